The van der Waals surface area contributed by atoms with Gasteiger partial charge in [0.2, 0.25) is 5.91 Å². The third-order valence-electron chi connectivity index (χ3n) is 3.91. The molecule has 3 aromatic rings. The van der Waals surface area contributed by atoms with Crippen LogP contribution in [0.5, 0.6) is 5.75 Å². The van der Waals surface area contributed by atoms with Gasteiger partial charge in [0.15, 0.2) is 17.5 Å². The summed E-state index contributed by atoms with van der Waals surface area (Å²) in [6, 6.07) is 8.61. The Morgan fingerprint density at radius 1 is 1.37 bits per heavy atom. The number of halogens is 1. The van der Waals surface area contributed by atoms with Crippen molar-refractivity contribution >= 4 is 45.6 Å². The third-order valence-corrected chi connectivity index (χ3v) is 4.90. The van der Waals surface area contributed by atoms with Gasteiger partial charge in [0.05, 0.1) is 5.69 Å². The van der Waals surface area contributed by atoms with Crippen LogP contribution in [0.1, 0.15) is 5.76 Å². The van der Waals surface area contributed by atoms with E-state index in [4.69, 9.17) is 20.8 Å². The number of thiazole rings is 1. The minimum Gasteiger partial charge on any atom is -0.482 e. The number of rotatable bonds is 4. The van der Waals surface area contributed by atoms with E-state index in [0.29, 0.717) is 33.0 Å². The van der Waals surface area contributed by atoms with Crippen LogP contribution in [0.3, 0.4) is 0 Å². The molecule has 0 bridgehead atoms. The van der Waals surface area contributed by atoms with E-state index in [1.165, 1.54) is 16.2 Å². The lowest BCUT2D eigenvalue weighted by Gasteiger charge is -2.28. The van der Waals surface area contributed by atoms with E-state index < -0.39 is 0 Å². The molecule has 7 nitrogen and oxygen atoms in total. The van der Waals surface area contributed by atoms with E-state index in [0.717, 1.165) is 5.76 Å². The number of nitrogens with one attached hydrogen (secondary N) is 1. The van der Waals surface area contributed by atoms with Crippen molar-refractivity contribution in [2.75, 3.05) is 23.4 Å². The molecule has 4 rings (SSSR count). The molecular weight excluding hydrogens is 390 g/mol. The molecule has 0 radical (unpaired) electrons. The van der Waals surface area contributed by atoms with Crippen molar-refractivity contribution in [2.24, 2.45) is 0 Å². The Balaban J connectivity index is 1.48. The molecule has 1 N–H and O–H groups in total. The van der Waals surface area contributed by atoms with Crippen LogP contribution in [0.2, 0.25) is 5.02 Å². The lowest BCUT2D eigenvalue weighted by molar-refractivity contribution is -0.123. The third kappa shape index (κ3) is 3.67. The summed E-state index contributed by atoms with van der Waals surface area (Å²) in [5.74, 6) is 1.25. The van der Waals surface area contributed by atoms with Crippen molar-refractivity contribution in [3.05, 3.63) is 46.5 Å². The molecule has 2 amide bonds. The van der Waals surface area contributed by atoms with Gasteiger partial charge in [-0.3, -0.25) is 14.5 Å². The number of ether oxygens (including phenoxy) is 1. The first-order valence-electron chi connectivity index (χ1n) is 8.04. The fraction of sp³-hybridized carbons (Fsp3) is 0.167. The molecule has 9 heteroatoms. The number of carbonyl (C=O) groups excluding carboxylic acids is 2. The first kappa shape index (κ1) is 17.6. The number of fused-ring (bicyclic) bond motifs is 1. The SMILES string of the molecule is Cc1ccc(-c2csc(NC(=O)CN3C(=O)COc4ccc(Cl)cc43)n2)o1. The molecule has 0 spiro atoms. The normalized spacial score (nSPS) is 13.3. The summed E-state index contributed by atoms with van der Waals surface area (Å²) in [7, 11) is 0. The average molecular weight is 404 g/mol. The fourth-order valence-electron chi connectivity index (χ4n) is 2.67. The Kier molecular flexibility index (Phi) is 4.59. The topological polar surface area (TPSA) is 84.7 Å². The summed E-state index contributed by atoms with van der Waals surface area (Å²) in [5.41, 5.74) is 1.11. The smallest absolute Gasteiger partial charge is 0.265 e. The van der Waals surface area contributed by atoms with Gasteiger partial charge in [-0.1, -0.05) is 11.6 Å². The van der Waals surface area contributed by atoms with Gasteiger partial charge in [0.1, 0.15) is 23.7 Å². The Labute approximate surface area is 163 Å². The maximum Gasteiger partial charge on any atom is 0.265 e. The number of carbonyl (C=O) groups is 2. The summed E-state index contributed by atoms with van der Waals surface area (Å²) in [4.78, 5) is 30.3. The lowest BCUT2D eigenvalue weighted by atomic mass is 10.2. The van der Waals surface area contributed by atoms with Gasteiger partial charge < -0.3 is 14.5 Å². The van der Waals surface area contributed by atoms with Crippen LogP contribution in [0, 0.1) is 6.92 Å². The molecule has 1 aliphatic rings. The molecule has 0 atom stereocenters. The summed E-state index contributed by atoms with van der Waals surface area (Å²) >= 11 is 7.29. The Bertz CT molecular complexity index is 1030. The number of aryl methyl sites for hydroxylation is 1. The molecule has 0 saturated carbocycles. The number of anilines is 2. The van der Waals surface area contributed by atoms with Crippen molar-refractivity contribution in [3.8, 4) is 17.2 Å². The number of furan rings is 1. The highest BCUT2D eigenvalue weighted by molar-refractivity contribution is 7.14. The molecule has 1 aliphatic heterocycles. The maximum atomic E-state index is 12.4. The van der Waals surface area contributed by atoms with Gasteiger partial charge in [-0.05, 0) is 37.3 Å². The quantitative estimate of drug-likeness (QED) is 0.717. The fourth-order valence-corrected chi connectivity index (χ4v) is 3.55. The van der Waals surface area contributed by atoms with Gasteiger partial charge in [0, 0.05) is 10.4 Å². The molecule has 0 unspecified atom stereocenters. The van der Waals surface area contributed by atoms with Crippen LogP contribution >= 0.6 is 22.9 Å². The van der Waals surface area contributed by atoms with Gasteiger partial charge in [-0.15, -0.1) is 11.3 Å². The molecule has 2 aromatic heterocycles. The highest BCUT2D eigenvalue weighted by atomic mass is 35.5. The second-order valence-corrected chi connectivity index (χ2v) is 7.17. The zero-order valence-corrected chi connectivity index (χ0v) is 15.8. The molecule has 1 aromatic carbocycles. The first-order valence-corrected chi connectivity index (χ1v) is 9.30. The summed E-state index contributed by atoms with van der Waals surface area (Å²) in [5, 5.41) is 5.39. The van der Waals surface area contributed by atoms with Crippen molar-refractivity contribution in [3.63, 3.8) is 0 Å². The predicted molar refractivity (Wildman–Crippen MR) is 102 cm³/mol. The Hall–Kier alpha value is -2.84. The Morgan fingerprint density at radius 2 is 2.22 bits per heavy atom. The van der Waals surface area contributed by atoms with E-state index in [2.05, 4.69) is 10.3 Å². The van der Waals surface area contributed by atoms with E-state index in [-0.39, 0.29) is 25.0 Å². The molecule has 0 saturated heterocycles. The van der Waals surface area contributed by atoms with Crippen molar-refractivity contribution < 1.29 is 18.7 Å². The largest absolute Gasteiger partial charge is 0.482 e. The second-order valence-electron chi connectivity index (χ2n) is 5.88. The van der Waals surface area contributed by atoms with E-state index >= 15 is 0 Å². The molecule has 0 aliphatic carbocycles. The minimum atomic E-state index is -0.368. The maximum absolute atomic E-state index is 12.4. The highest BCUT2D eigenvalue weighted by Crippen LogP contribution is 2.34. The van der Waals surface area contributed by atoms with E-state index in [9.17, 15) is 9.59 Å². The monoisotopic (exact) mass is 403 g/mol. The number of aromatic nitrogens is 1. The number of nitrogens with zero attached hydrogens (tertiary/aromatic N) is 2. The van der Waals surface area contributed by atoms with Gasteiger partial charge >= 0.3 is 0 Å². The highest BCUT2D eigenvalue weighted by Gasteiger charge is 2.27. The molecule has 0 fully saturated rings. The van der Waals surface area contributed by atoms with Crippen LogP contribution in [0.15, 0.2) is 40.1 Å². The van der Waals surface area contributed by atoms with Crippen LogP contribution in [-0.2, 0) is 9.59 Å². The first-order chi connectivity index (χ1) is 13.0. The molecular formula is C18H14ClN3O4S. The van der Waals surface area contributed by atoms with E-state index in [1.54, 1.807) is 23.6 Å². The zero-order chi connectivity index (χ0) is 19.0. The molecule has 27 heavy (non-hydrogen) atoms. The lowest BCUT2D eigenvalue weighted by Crippen LogP contribution is -2.43. The number of benzene rings is 1. The summed E-state index contributed by atoms with van der Waals surface area (Å²) in [6.07, 6.45) is 0. The van der Waals surface area contributed by atoms with Crippen molar-refractivity contribution in [1.29, 1.82) is 0 Å². The van der Waals surface area contributed by atoms with Crippen molar-refractivity contribution in [1.82, 2.24) is 4.98 Å². The van der Waals surface area contributed by atoms with E-state index in [1.807, 2.05) is 19.1 Å². The number of amides is 2. The number of hydrogen-bond donors (Lipinski definition) is 1. The Morgan fingerprint density at radius 3 is 3.00 bits per heavy atom. The number of hydrogen-bond acceptors (Lipinski definition) is 6. The van der Waals surface area contributed by atoms with Crippen LogP contribution in [0.4, 0.5) is 10.8 Å². The van der Waals surface area contributed by atoms with Gasteiger partial charge in [-0.2, -0.15) is 0 Å². The van der Waals surface area contributed by atoms with Crippen molar-refractivity contribution in [2.45, 2.75) is 6.92 Å². The second kappa shape index (κ2) is 7.05. The standard InChI is InChI=1S/C18H14ClN3O4S/c1-10-2-4-14(26-10)12-9-27-18(20-12)21-16(23)7-22-13-6-11(19)3-5-15(13)25-8-17(22)24/h2-6,9H,7-8H2,1H3,(H,20,21,23). The van der Waals surface area contributed by atoms with Gasteiger partial charge in [-0.25, -0.2) is 4.98 Å². The molecule has 138 valence electrons. The summed E-state index contributed by atoms with van der Waals surface area (Å²) in [6.45, 7) is 1.56. The summed E-state index contributed by atoms with van der Waals surface area (Å²) < 4.78 is 10.9. The van der Waals surface area contributed by atoms with Gasteiger partial charge in [0.25, 0.3) is 5.91 Å². The minimum absolute atomic E-state index is 0.124. The van der Waals surface area contributed by atoms with Crippen LogP contribution in [-0.4, -0.2) is 29.9 Å². The average Bonchev–Trinajstić information content (AvgIpc) is 3.26. The van der Waals surface area contributed by atoms with Crippen LogP contribution < -0.4 is 15.0 Å². The molecule has 3 heterocycles. The predicted octanol–water partition coefficient (Wildman–Crippen LogP) is 3.73. The van der Waals surface area contributed by atoms with Crippen LogP contribution in [0.25, 0.3) is 11.5 Å². The zero-order valence-electron chi connectivity index (χ0n) is 14.2.